The van der Waals surface area contributed by atoms with Crippen LogP contribution in [0.4, 0.5) is 0 Å². The summed E-state index contributed by atoms with van der Waals surface area (Å²) < 4.78 is 5.65. The topological polar surface area (TPSA) is 83.8 Å². The zero-order valence-electron chi connectivity index (χ0n) is 16.8. The van der Waals surface area contributed by atoms with Gasteiger partial charge in [-0.05, 0) is 40.8 Å². The van der Waals surface area contributed by atoms with E-state index in [0.29, 0.717) is 24.7 Å². The van der Waals surface area contributed by atoms with Crippen LogP contribution in [0, 0.1) is 5.92 Å². The predicted molar refractivity (Wildman–Crippen MR) is 113 cm³/mol. The highest BCUT2D eigenvalue weighted by atomic mass is 16.5. The first-order valence-electron chi connectivity index (χ1n) is 9.82. The van der Waals surface area contributed by atoms with Crippen LogP contribution in [0.25, 0.3) is 11.1 Å². The van der Waals surface area contributed by atoms with Crippen molar-refractivity contribution in [2.24, 2.45) is 5.92 Å². The molecule has 3 aromatic rings. The smallest absolute Gasteiger partial charge is 0.201 e. The number of phenols is 2. The van der Waals surface area contributed by atoms with Crippen molar-refractivity contribution < 1.29 is 24.5 Å². The molecule has 5 nitrogen and oxygen atoms in total. The largest absolute Gasteiger partial charge is 0.507 e. The zero-order valence-corrected chi connectivity index (χ0v) is 16.8. The van der Waals surface area contributed by atoms with Crippen molar-refractivity contribution in [1.82, 2.24) is 0 Å². The minimum absolute atomic E-state index is 0.0659. The molecule has 0 radical (unpaired) electrons. The lowest BCUT2D eigenvalue weighted by Gasteiger charge is -2.20. The molecule has 2 N–H and O–H groups in total. The highest BCUT2D eigenvalue weighted by molar-refractivity contribution is 6.30. The van der Waals surface area contributed by atoms with Crippen LogP contribution in [0.1, 0.15) is 51.3 Å². The van der Waals surface area contributed by atoms with Crippen LogP contribution in [0.3, 0.4) is 0 Å². The second-order valence-electron chi connectivity index (χ2n) is 7.88. The van der Waals surface area contributed by atoms with Gasteiger partial charge < -0.3 is 14.9 Å². The molecule has 0 saturated heterocycles. The van der Waals surface area contributed by atoms with Gasteiger partial charge in [0, 0.05) is 17.7 Å². The standard InChI is InChI=1S/C25H22O5/c1-14(2)12-30-13-15-6-8-16(9-7-15)17-10-19-23(21(27)11-17)25(29)22-18(24(19)28)4-3-5-20(22)26/h3-11,14,26-27H,12-13H2,1-2H3. The number of ketones is 2. The molecule has 0 fully saturated rings. The maximum atomic E-state index is 13.0. The molecule has 0 amide bonds. The predicted octanol–water partition coefficient (Wildman–Crippen LogP) is 4.71. The second kappa shape index (κ2) is 7.76. The Morgan fingerprint density at radius 1 is 0.800 bits per heavy atom. The summed E-state index contributed by atoms with van der Waals surface area (Å²) in [6.07, 6.45) is 0. The summed E-state index contributed by atoms with van der Waals surface area (Å²) in [7, 11) is 0. The minimum Gasteiger partial charge on any atom is -0.507 e. The normalized spacial score (nSPS) is 12.8. The van der Waals surface area contributed by atoms with Crippen molar-refractivity contribution in [1.29, 1.82) is 0 Å². The Labute approximate surface area is 174 Å². The molecular formula is C25H22O5. The Morgan fingerprint density at radius 2 is 1.50 bits per heavy atom. The summed E-state index contributed by atoms with van der Waals surface area (Å²) in [4.78, 5) is 25.8. The van der Waals surface area contributed by atoms with E-state index in [4.69, 9.17) is 4.74 Å². The molecule has 30 heavy (non-hydrogen) atoms. The molecule has 0 unspecified atom stereocenters. The fourth-order valence-corrected chi connectivity index (χ4v) is 3.66. The number of ether oxygens (including phenoxy) is 1. The van der Waals surface area contributed by atoms with Gasteiger partial charge in [-0.15, -0.1) is 0 Å². The van der Waals surface area contributed by atoms with Crippen molar-refractivity contribution >= 4 is 11.6 Å². The first kappa shape index (κ1) is 19.9. The Balaban J connectivity index is 1.68. The number of benzene rings is 3. The fourth-order valence-electron chi connectivity index (χ4n) is 3.66. The molecule has 0 aliphatic heterocycles. The number of phenolic OH excluding ortho intramolecular Hbond substituents is 2. The first-order chi connectivity index (χ1) is 14.4. The van der Waals surface area contributed by atoms with E-state index < -0.39 is 11.6 Å². The van der Waals surface area contributed by atoms with Gasteiger partial charge in [0.25, 0.3) is 0 Å². The molecule has 1 aliphatic carbocycles. The van der Waals surface area contributed by atoms with Gasteiger partial charge in [0.1, 0.15) is 11.5 Å². The van der Waals surface area contributed by atoms with Crippen LogP contribution in [0.15, 0.2) is 54.6 Å². The quantitative estimate of drug-likeness (QED) is 0.505. The third-order valence-electron chi connectivity index (χ3n) is 5.11. The van der Waals surface area contributed by atoms with Crippen LogP contribution in [-0.2, 0) is 11.3 Å². The summed E-state index contributed by atoms with van der Waals surface area (Å²) >= 11 is 0. The average Bonchev–Trinajstić information content (AvgIpc) is 2.71. The molecule has 0 atom stereocenters. The Hall–Kier alpha value is -3.44. The summed E-state index contributed by atoms with van der Waals surface area (Å²) in [6, 6.07) is 15.1. The van der Waals surface area contributed by atoms with Gasteiger partial charge >= 0.3 is 0 Å². The Bertz CT molecular complexity index is 1140. The third kappa shape index (κ3) is 3.48. The SMILES string of the molecule is CC(C)COCc1ccc(-c2cc(O)c3c(c2)C(=O)c2cccc(O)c2C3=O)cc1. The van der Waals surface area contributed by atoms with Crippen molar-refractivity contribution in [3.63, 3.8) is 0 Å². The molecule has 152 valence electrons. The maximum Gasteiger partial charge on any atom is 0.201 e. The summed E-state index contributed by atoms with van der Waals surface area (Å²) in [5, 5.41) is 20.6. The summed E-state index contributed by atoms with van der Waals surface area (Å²) in [5.41, 5.74) is 2.60. The number of carbonyl (C=O) groups is 2. The second-order valence-corrected chi connectivity index (χ2v) is 7.88. The van der Waals surface area contributed by atoms with Gasteiger partial charge in [0.05, 0.1) is 17.7 Å². The molecule has 0 aromatic heterocycles. The van der Waals surface area contributed by atoms with Crippen molar-refractivity contribution in [3.05, 3.63) is 82.4 Å². The number of fused-ring (bicyclic) bond motifs is 2. The van der Waals surface area contributed by atoms with Crippen LogP contribution < -0.4 is 0 Å². The zero-order chi connectivity index (χ0) is 21.4. The monoisotopic (exact) mass is 402 g/mol. The van der Waals surface area contributed by atoms with E-state index in [1.54, 1.807) is 6.07 Å². The van der Waals surface area contributed by atoms with Crippen molar-refractivity contribution in [3.8, 4) is 22.6 Å². The lowest BCUT2D eigenvalue weighted by Crippen LogP contribution is -2.21. The van der Waals surface area contributed by atoms with Crippen LogP contribution in [0.5, 0.6) is 11.5 Å². The van der Waals surface area contributed by atoms with Gasteiger partial charge in [-0.2, -0.15) is 0 Å². The molecule has 0 saturated carbocycles. The number of aromatic hydroxyl groups is 2. The van der Waals surface area contributed by atoms with Gasteiger partial charge in [-0.3, -0.25) is 9.59 Å². The van der Waals surface area contributed by atoms with Crippen LogP contribution in [-0.4, -0.2) is 28.4 Å². The van der Waals surface area contributed by atoms with Crippen molar-refractivity contribution in [2.75, 3.05) is 6.61 Å². The minimum atomic E-state index is -0.556. The molecule has 0 heterocycles. The van der Waals surface area contributed by atoms with Crippen LogP contribution >= 0.6 is 0 Å². The average molecular weight is 402 g/mol. The van der Waals surface area contributed by atoms with E-state index in [0.717, 1.165) is 11.1 Å². The lowest BCUT2D eigenvalue weighted by atomic mass is 9.81. The van der Waals surface area contributed by atoms with Crippen LogP contribution in [0.2, 0.25) is 0 Å². The van der Waals surface area contributed by atoms with E-state index >= 15 is 0 Å². The van der Waals surface area contributed by atoms with Gasteiger partial charge in [0.2, 0.25) is 5.78 Å². The lowest BCUT2D eigenvalue weighted by molar-refractivity contribution is 0.0971. The van der Waals surface area contributed by atoms with E-state index in [2.05, 4.69) is 13.8 Å². The van der Waals surface area contributed by atoms with E-state index in [9.17, 15) is 19.8 Å². The number of hydrogen-bond donors (Lipinski definition) is 2. The first-order valence-corrected chi connectivity index (χ1v) is 9.82. The molecule has 1 aliphatic rings. The highest BCUT2D eigenvalue weighted by Gasteiger charge is 2.34. The molecule has 5 heteroatoms. The highest BCUT2D eigenvalue weighted by Crippen LogP contribution is 2.39. The van der Waals surface area contributed by atoms with Gasteiger partial charge in [-0.25, -0.2) is 0 Å². The Morgan fingerprint density at radius 3 is 2.20 bits per heavy atom. The van der Waals surface area contributed by atoms with E-state index in [-0.39, 0.29) is 33.8 Å². The third-order valence-corrected chi connectivity index (χ3v) is 5.11. The van der Waals surface area contributed by atoms with Gasteiger partial charge in [0.15, 0.2) is 5.78 Å². The van der Waals surface area contributed by atoms with E-state index in [1.165, 1.54) is 24.3 Å². The molecule has 0 bridgehead atoms. The molecule has 0 spiro atoms. The number of rotatable bonds is 5. The van der Waals surface area contributed by atoms with Crippen molar-refractivity contribution in [2.45, 2.75) is 20.5 Å². The molecular weight excluding hydrogens is 380 g/mol. The fraction of sp³-hybridized carbons (Fsp3) is 0.200. The Kier molecular flexibility index (Phi) is 5.14. The maximum absolute atomic E-state index is 13.0. The van der Waals surface area contributed by atoms with E-state index in [1.807, 2.05) is 24.3 Å². The summed E-state index contributed by atoms with van der Waals surface area (Å²) in [6.45, 7) is 5.39. The number of carbonyl (C=O) groups excluding carboxylic acids is 2. The molecule has 4 rings (SSSR count). The summed E-state index contributed by atoms with van der Waals surface area (Å²) in [5.74, 6) is -1.03. The molecule has 3 aromatic carbocycles. The number of hydrogen-bond acceptors (Lipinski definition) is 5. The van der Waals surface area contributed by atoms with Gasteiger partial charge in [-0.1, -0.05) is 50.2 Å².